The fourth-order valence-electron chi connectivity index (χ4n) is 0.741. The maximum atomic E-state index is 11.6. The van der Waals surface area contributed by atoms with Crippen LogP contribution in [0, 0.1) is 0 Å². The van der Waals surface area contributed by atoms with Crippen molar-refractivity contribution in [2.45, 2.75) is 31.7 Å². The Kier molecular flexibility index (Phi) is 1.42. The highest BCUT2D eigenvalue weighted by atomic mass is 19.4. The molecule has 2 unspecified atom stereocenters. The molecule has 54 valence electrons. The summed E-state index contributed by atoms with van der Waals surface area (Å²) >= 11 is 0. The van der Waals surface area contributed by atoms with Crippen LogP contribution in [0.4, 0.5) is 13.2 Å². The summed E-state index contributed by atoms with van der Waals surface area (Å²) in [5, 5.41) is 0. The molecule has 4 heteroatoms. The summed E-state index contributed by atoms with van der Waals surface area (Å²) in [5.74, 6) is 0. The Balaban J connectivity index is 2.33. The summed E-state index contributed by atoms with van der Waals surface area (Å²) in [6.07, 6.45) is -5.72. The molecule has 2 atom stereocenters. The van der Waals surface area contributed by atoms with Gasteiger partial charge in [0.2, 0.25) is 0 Å². The number of rotatable bonds is 1. The SMILES string of the molecule is CCC1OC1C(F)(F)F. The molecular formula is C5H7F3O. The van der Waals surface area contributed by atoms with E-state index in [0.29, 0.717) is 6.42 Å². The van der Waals surface area contributed by atoms with Gasteiger partial charge in [-0.1, -0.05) is 6.92 Å². The first-order valence-corrected chi connectivity index (χ1v) is 2.78. The Morgan fingerprint density at radius 3 is 2.11 bits per heavy atom. The summed E-state index contributed by atoms with van der Waals surface area (Å²) < 4.78 is 39.0. The van der Waals surface area contributed by atoms with Crippen LogP contribution in [0.25, 0.3) is 0 Å². The van der Waals surface area contributed by atoms with E-state index < -0.39 is 18.4 Å². The molecule has 0 radical (unpaired) electrons. The number of alkyl halides is 3. The first kappa shape index (κ1) is 6.86. The number of halogens is 3. The van der Waals surface area contributed by atoms with Gasteiger partial charge in [-0.15, -0.1) is 0 Å². The predicted molar refractivity (Wildman–Crippen MR) is 25.0 cm³/mol. The van der Waals surface area contributed by atoms with Gasteiger partial charge in [0.15, 0.2) is 6.10 Å². The molecule has 0 aromatic carbocycles. The first-order valence-electron chi connectivity index (χ1n) is 2.78. The zero-order valence-electron chi connectivity index (χ0n) is 4.90. The van der Waals surface area contributed by atoms with Crippen LogP contribution in [0.5, 0.6) is 0 Å². The summed E-state index contributed by atoms with van der Waals surface area (Å²) in [7, 11) is 0. The molecule has 9 heavy (non-hydrogen) atoms. The van der Waals surface area contributed by atoms with Gasteiger partial charge in [-0.25, -0.2) is 0 Å². The molecule has 1 saturated heterocycles. The van der Waals surface area contributed by atoms with Crippen LogP contribution in [0.15, 0.2) is 0 Å². The number of hydrogen-bond acceptors (Lipinski definition) is 1. The van der Waals surface area contributed by atoms with Crippen molar-refractivity contribution < 1.29 is 17.9 Å². The molecule has 0 N–H and O–H groups in total. The van der Waals surface area contributed by atoms with Crippen LogP contribution in [0.3, 0.4) is 0 Å². The summed E-state index contributed by atoms with van der Waals surface area (Å²) in [5.41, 5.74) is 0. The maximum absolute atomic E-state index is 11.6. The third kappa shape index (κ3) is 1.36. The van der Waals surface area contributed by atoms with Crippen molar-refractivity contribution in [3.8, 4) is 0 Å². The smallest absolute Gasteiger partial charge is 0.360 e. The highest BCUT2D eigenvalue weighted by Crippen LogP contribution is 2.38. The van der Waals surface area contributed by atoms with Crippen molar-refractivity contribution in [3.05, 3.63) is 0 Å². The van der Waals surface area contributed by atoms with Crippen molar-refractivity contribution in [1.82, 2.24) is 0 Å². The van der Waals surface area contributed by atoms with Crippen molar-refractivity contribution in [1.29, 1.82) is 0 Å². The second-order valence-electron chi connectivity index (χ2n) is 2.04. The second kappa shape index (κ2) is 1.87. The molecule has 1 rings (SSSR count). The van der Waals surface area contributed by atoms with Crippen LogP contribution in [-0.4, -0.2) is 18.4 Å². The fraction of sp³-hybridized carbons (Fsp3) is 1.00. The molecule has 0 bridgehead atoms. The van der Waals surface area contributed by atoms with Gasteiger partial charge in [0.1, 0.15) is 0 Å². The largest absolute Gasteiger partial charge is 0.417 e. The number of epoxide rings is 1. The third-order valence-corrected chi connectivity index (χ3v) is 1.31. The first-order chi connectivity index (χ1) is 4.05. The maximum Gasteiger partial charge on any atom is 0.417 e. The quantitative estimate of drug-likeness (QED) is 0.505. The van der Waals surface area contributed by atoms with Gasteiger partial charge >= 0.3 is 6.18 Å². The molecule has 1 fully saturated rings. The van der Waals surface area contributed by atoms with E-state index in [9.17, 15) is 13.2 Å². The lowest BCUT2D eigenvalue weighted by atomic mass is 10.2. The molecule has 1 heterocycles. The highest BCUT2D eigenvalue weighted by molar-refractivity contribution is 4.89. The molecular weight excluding hydrogens is 133 g/mol. The Hall–Kier alpha value is -0.250. The minimum atomic E-state index is -4.14. The zero-order valence-corrected chi connectivity index (χ0v) is 4.90. The number of ether oxygens (including phenoxy) is 1. The standard InChI is InChI=1S/C5H7F3O/c1-2-3-4(9-3)5(6,7)8/h3-4H,2H2,1H3. The van der Waals surface area contributed by atoms with E-state index in [4.69, 9.17) is 0 Å². The lowest BCUT2D eigenvalue weighted by Gasteiger charge is -1.98. The van der Waals surface area contributed by atoms with Gasteiger partial charge in [-0.2, -0.15) is 13.2 Å². The summed E-state index contributed by atoms with van der Waals surface area (Å²) in [6, 6.07) is 0. The molecule has 1 aliphatic rings. The predicted octanol–water partition coefficient (Wildman–Crippen LogP) is 1.73. The Morgan fingerprint density at radius 2 is 2.00 bits per heavy atom. The molecule has 0 aliphatic carbocycles. The van der Waals surface area contributed by atoms with Crippen LogP contribution in [0.1, 0.15) is 13.3 Å². The zero-order chi connectivity index (χ0) is 7.07. The van der Waals surface area contributed by atoms with E-state index in [1.165, 1.54) is 0 Å². The Morgan fingerprint density at radius 1 is 1.44 bits per heavy atom. The van der Waals surface area contributed by atoms with Gasteiger partial charge in [0.25, 0.3) is 0 Å². The fourth-order valence-corrected chi connectivity index (χ4v) is 0.741. The van der Waals surface area contributed by atoms with E-state index in [-0.39, 0.29) is 0 Å². The molecule has 0 saturated carbocycles. The molecule has 1 aliphatic heterocycles. The minimum absolute atomic E-state index is 0.449. The van der Waals surface area contributed by atoms with E-state index in [0.717, 1.165) is 0 Å². The summed E-state index contributed by atoms with van der Waals surface area (Å²) in [6.45, 7) is 1.68. The molecule has 1 nitrogen and oxygen atoms in total. The number of hydrogen-bond donors (Lipinski definition) is 0. The highest BCUT2D eigenvalue weighted by Gasteiger charge is 2.56. The van der Waals surface area contributed by atoms with Gasteiger partial charge in [0, 0.05) is 0 Å². The summed E-state index contributed by atoms with van der Waals surface area (Å²) in [4.78, 5) is 0. The van der Waals surface area contributed by atoms with Crippen LogP contribution < -0.4 is 0 Å². The molecule has 0 aromatic rings. The van der Waals surface area contributed by atoms with E-state index in [2.05, 4.69) is 4.74 Å². The monoisotopic (exact) mass is 140 g/mol. The Bertz CT molecular complexity index is 109. The van der Waals surface area contributed by atoms with E-state index >= 15 is 0 Å². The van der Waals surface area contributed by atoms with Gasteiger partial charge in [-0.3, -0.25) is 0 Å². The molecule has 0 aromatic heterocycles. The van der Waals surface area contributed by atoms with Crippen molar-refractivity contribution in [2.75, 3.05) is 0 Å². The molecule has 0 spiro atoms. The second-order valence-corrected chi connectivity index (χ2v) is 2.04. The van der Waals surface area contributed by atoms with Crippen molar-refractivity contribution in [3.63, 3.8) is 0 Å². The topological polar surface area (TPSA) is 12.5 Å². The normalized spacial score (nSPS) is 34.7. The third-order valence-electron chi connectivity index (χ3n) is 1.31. The molecule has 0 amide bonds. The van der Waals surface area contributed by atoms with E-state index in [1.807, 2.05) is 0 Å². The van der Waals surface area contributed by atoms with Crippen molar-refractivity contribution in [2.24, 2.45) is 0 Å². The van der Waals surface area contributed by atoms with Crippen molar-refractivity contribution >= 4 is 0 Å². The van der Waals surface area contributed by atoms with Gasteiger partial charge < -0.3 is 4.74 Å². The minimum Gasteiger partial charge on any atom is -0.360 e. The van der Waals surface area contributed by atoms with E-state index in [1.54, 1.807) is 6.92 Å². The van der Waals surface area contributed by atoms with Crippen LogP contribution in [0.2, 0.25) is 0 Å². The van der Waals surface area contributed by atoms with Gasteiger partial charge in [0.05, 0.1) is 6.10 Å². The van der Waals surface area contributed by atoms with Gasteiger partial charge in [-0.05, 0) is 6.42 Å². The van der Waals surface area contributed by atoms with Crippen LogP contribution in [-0.2, 0) is 4.74 Å². The lowest BCUT2D eigenvalue weighted by Crippen LogP contribution is -2.18. The lowest BCUT2D eigenvalue weighted by molar-refractivity contribution is -0.146. The average Bonchev–Trinajstić information content (AvgIpc) is 2.39. The van der Waals surface area contributed by atoms with Crippen LogP contribution >= 0.6 is 0 Å². The average molecular weight is 140 g/mol. The Labute approximate surface area is 50.8 Å².